The van der Waals surface area contributed by atoms with Gasteiger partial charge in [-0.3, -0.25) is 9.78 Å². The van der Waals surface area contributed by atoms with Gasteiger partial charge in [-0.15, -0.1) is 11.3 Å². The van der Waals surface area contributed by atoms with Gasteiger partial charge in [0, 0.05) is 31.9 Å². The first-order chi connectivity index (χ1) is 9.66. The molecule has 2 aromatic heterocycles. The van der Waals surface area contributed by atoms with Crippen molar-refractivity contribution in [1.82, 2.24) is 9.88 Å². The summed E-state index contributed by atoms with van der Waals surface area (Å²) in [6, 6.07) is 7.50. The molecule has 104 valence electrons. The van der Waals surface area contributed by atoms with Crippen molar-refractivity contribution in [3.05, 3.63) is 52.5 Å². The average Bonchev–Trinajstić information content (AvgIpc) is 2.97. The van der Waals surface area contributed by atoms with Crippen LogP contribution in [0.2, 0.25) is 0 Å². The Morgan fingerprint density at radius 2 is 2.25 bits per heavy atom. The largest absolute Gasteiger partial charge is 0.393 e. The maximum absolute atomic E-state index is 12.5. The maximum Gasteiger partial charge on any atom is 0.264 e. The molecule has 2 rings (SSSR count). The normalized spacial score (nSPS) is 10.2. The minimum absolute atomic E-state index is 0.0000954. The number of carbonyl (C=O) groups is 1. The Bertz CT molecular complexity index is 569. The summed E-state index contributed by atoms with van der Waals surface area (Å²) >= 11 is 6.33. The second-order valence-electron chi connectivity index (χ2n) is 4.28. The first-order valence-electron chi connectivity index (χ1n) is 6.17. The third-order valence-corrected chi connectivity index (χ3v) is 3.81. The minimum atomic E-state index is 0.0000954. The van der Waals surface area contributed by atoms with Crippen molar-refractivity contribution in [2.75, 3.05) is 6.54 Å². The van der Waals surface area contributed by atoms with Crippen molar-refractivity contribution in [2.45, 2.75) is 13.0 Å². The topological polar surface area (TPSA) is 59.2 Å². The van der Waals surface area contributed by atoms with Gasteiger partial charge < -0.3 is 10.6 Å². The molecule has 0 radical (unpaired) electrons. The fourth-order valence-electron chi connectivity index (χ4n) is 1.77. The monoisotopic (exact) mass is 305 g/mol. The number of aromatic nitrogens is 1. The zero-order valence-electron chi connectivity index (χ0n) is 10.9. The van der Waals surface area contributed by atoms with E-state index in [1.165, 1.54) is 11.3 Å². The van der Waals surface area contributed by atoms with E-state index in [0.717, 1.165) is 10.4 Å². The van der Waals surface area contributed by atoms with E-state index < -0.39 is 0 Å². The summed E-state index contributed by atoms with van der Waals surface area (Å²) < 4.78 is 0. The van der Waals surface area contributed by atoms with Gasteiger partial charge in [0.25, 0.3) is 5.91 Å². The molecule has 0 saturated heterocycles. The van der Waals surface area contributed by atoms with Crippen LogP contribution < -0.4 is 5.73 Å². The van der Waals surface area contributed by atoms with Crippen molar-refractivity contribution >= 4 is 34.5 Å². The highest BCUT2D eigenvalue weighted by Gasteiger charge is 2.17. The molecule has 0 aliphatic rings. The first kappa shape index (κ1) is 14.6. The van der Waals surface area contributed by atoms with Crippen molar-refractivity contribution in [3.63, 3.8) is 0 Å². The lowest BCUT2D eigenvalue weighted by atomic mass is 10.2. The van der Waals surface area contributed by atoms with Crippen LogP contribution in [0.4, 0.5) is 0 Å². The summed E-state index contributed by atoms with van der Waals surface area (Å²) in [4.78, 5) is 19.4. The molecule has 4 nitrogen and oxygen atoms in total. The van der Waals surface area contributed by atoms with Crippen LogP contribution in [0.1, 0.15) is 21.7 Å². The zero-order valence-corrected chi connectivity index (χ0v) is 12.5. The van der Waals surface area contributed by atoms with E-state index in [1.54, 1.807) is 17.3 Å². The van der Waals surface area contributed by atoms with Gasteiger partial charge in [-0.2, -0.15) is 0 Å². The fourth-order valence-corrected chi connectivity index (χ4v) is 2.55. The number of nitrogens with zero attached hydrogens (tertiary/aromatic N) is 2. The van der Waals surface area contributed by atoms with Crippen LogP contribution >= 0.6 is 23.6 Å². The van der Waals surface area contributed by atoms with E-state index in [2.05, 4.69) is 4.98 Å². The highest BCUT2D eigenvalue weighted by molar-refractivity contribution is 7.80. The Kier molecular flexibility index (Phi) is 5.20. The maximum atomic E-state index is 12.5. The number of thiophene rings is 1. The Morgan fingerprint density at radius 3 is 2.85 bits per heavy atom. The molecule has 0 unspecified atom stereocenters. The summed E-state index contributed by atoms with van der Waals surface area (Å²) in [6.07, 6.45) is 3.99. The molecule has 0 spiro atoms. The quantitative estimate of drug-likeness (QED) is 0.833. The predicted octanol–water partition coefficient (Wildman–Crippen LogP) is 2.46. The average molecular weight is 305 g/mol. The number of carbonyl (C=O) groups excluding carboxylic acids is 1. The van der Waals surface area contributed by atoms with Crippen LogP contribution in [0.3, 0.4) is 0 Å². The van der Waals surface area contributed by atoms with E-state index in [-0.39, 0.29) is 5.91 Å². The fraction of sp³-hybridized carbons (Fsp3) is 0.214. The van der Waals surface area contributed by atoms with Gasteiger partial charge in [0.15, 0.2) is 0 Å². The van der Waals surface area contributed by atoms with E-state index >= 15 is 0 Å². The van der Waals surface area contributed by atoms with Crippen LogP contribution in [0, 0.1) is 0 Å². The summed E-state index contributed by atoms with van der Waals surface area (Å²) in [5.74, 6) is 0.0000954. The Hall–Kier alpha value is -1.79. The number of thiocarbonyl (C=S) groups is 1. The molecule has 2 heterocycles. The lowest BCUT2D eigenvalue weighted by Crippen LogP contribution is -2.32. The SMILES string of the molecule is NC(=S)CCN(Cc1cccnc1)C(=O)c1cccs1. The molecule has 0 bridgehead atoms. The van der Waals surface area contributed by atoms with Gasteiger partial charge in [-0.1, -0.05) is 24.4 Å². The number of rotatable bonds is 6. The van der Waals surface area contributed by atoms with Crippen LogP contribution in [-0.2, 0) is 6.54 Å². The second-order valence-corrected chi connectivity index (χ2v) is 5.75. The van der Waals surface area contributed by atoms with Gasteiger partial charge in [-0.25, -0.2) is 0 Å². The molecule has 0 aromatic carbocycles. The lowest BCUT2D eigenvalue weighted by molar-refractivity contribution is 0.0753. The Balaban J connectivity index is 2.12. The molecule has 2 aromatic rings. The van der Waals surface area contributed by atoms with Gasteiger partial charge in [-0.05, 0) is 23.1 Å². The third-order valence-electron chi connectivity index (χ3n) is 2.74. The molecule has 0 aliphatic heterocycles. The number of hydrogen-bond donors (Lipinski definition) is 1. The van der Waals surface area contributed by atoms with Crippen LogP contribution in [0.25, 0.3) is 0 Å². The summed E-state index contributed by atoms with van der Waals surface area (Å²) in [6.45, 7) is 1.02. The molecule has 0 aliphatic carbocycles. The highest BCUT2D eigenvalue weighted by atomic mass is 32.1. The molecule has 6 heteroatoms. The molecule has 0 saturated carbocycles. The standard InChI is InChI=1S/C14H15N3OS2/c15-13(19)5-7-17(10-11-3-1-6-16-9-11)14(18)12-4-2-8-20-12/h1-4,6,8-9H,5,7,10H2,(H2,15,19). The Morgan fingerprint density at radius 1 is 1.40 bits per heavy atom. The second kappa shape index (κ2) is 7.12. The predicted molar refractivity (Wildman–Crippen MR) is 84.7 cm³/mol. The lowest BCUT2D eigenvalue weighted by Gasteiger charge is -2.22. The van der Waals surface area contributed by atoms with E-state index in [0.29, 0.717) is 24.5 Å². The van der Waals surface area contributed by atoms with Crippen LogP contribution in [0.5, 0.6) is 0 Å². The van der Waals surface area contributed by atoms with Crippen molar-refractivity contribution < 1.29 is 4.79 Å². The Labute approximate surface area is 127 Å². The van der Waals surface area contributed by atoms with E-state index in [9.17, 15) is 4.79 Å². The number of nitrogens with two attached hydrogens (primary N) is 1. The molecule has 20 heavy (non-hydrogen) atoms. The first-order valence-corrected chi connectivity index (χ1v) is 7.45. The van der Waals surface area contributed by atoms with Crippen LogP contribution in [-0.4, -0.2) is 27.3 Å². The number of pyridine rings is 1. The minimum Gasteiger partial charge on any atom is -0.393 e. The van der Waals surface area contributed by atoms with Gasteiger partial charge >= 0.3 is 0 Å². The number of hydrogen-bond acceptors (Lipinski definition) is 4. The zero-order chi connectivity index (χ0) is 14.4. The smallest absolute Gasteiger partial charge is 0.264 e. The van der Waals surface area contributed by atoms with Crippen molar-refractivity contribution in [1.29, 1.82) is 0 Å². The summed E-state index contributed by atoms with van der Waals surface area (Å²) in [5, 5.41) is 1.89. The van der Waals surface area contributed by atoms with Gasteiger partial charge in [0.1, 0.15) is 0 Å². The molecule has 1 amide bonds. The molecular formula is C14H15N3OS2. The summed E-state index contributed by atoms with van der Waals surface area (Å²) in [5.41, 5.74) is 6.52. The highest BCUT2D eigenvalue weighted by Crippen LogP contribution is 2.14. The van der Waals surface area contributed by atoms with Crippen molar-refractivity contribution in [3.8, 4) is 0 Å². The van der Waals surface area contributed by atoms with Gasteiger partial charge in [0.05, 0.1) is 9.87 Å². The molecule has 0 fully saturated rings. The van der Waals surface area contributed by atoms with E-state index in [4.69, 9.17) is 18.0 Å². The summed E-state index contributed by atoms with van der Waals surface area (Å²) in [7, 11) is 0. The van der Waals surface area contributed by atoms with Gasteiger partial charge in [0.2, 0.25) is 0 Å². The van der Waals surface area contributed by atoms with Crippen molar-refractivity contribution in [2.24, 2.45) is 5.73 Å². The van der Waals surface area contributed by atoms with E-state index in [1.807, 2.05) is 29.6 Å². The molecule has 2 N–H and O–H groups in total. The molecule has 0 atom stereocenters. The number of amides is 1. The third kappa shape index (κ3) is 4.11. The van der Waals surface area contributed by atoms with Crippen LogP contribution in [0.15, 0.2) is 42.0 Å². The molecular weight excluding hydrogens is 290 g/mol.